The first kappa shape index (κ1) is 16.4. The van der Waals surface area contributed by atoms with Gasteiger partial charge >= 0.3 is 12.1 Å². The monoisotopic (exact) mass is 336 g/mol. The van der Waals surface area contributed by atoms with Gasteiger partial charge in [-0.05, 0) is 54.3 Å². The van der Waals surface area contributed by atoms with Crippen LogP contribution < -0.4 is 4.74 Å². The Hall–Kier alpha value is -2.50. The Bertz CT molecular complexity index is 768. The van der Waals surface area contributed by atoms with Crippen molar-refractivity contribution < 1.29 is 27.8 Å². The number of aromatic carboxylic acids is 1. The van der Waals surface area contributed by atoms with Crippen LogP contribution in [0.5, 0.6) is 5.75 Å². The van der Waals surface area contributed by atoms with Crippen LogP contribution in [0.25, 0.3) is 0 Å². The fourth-order valence-electron chi connectivity index (χ4n) is 2.88. The minimum atomic E-state index is -4.38. The molecule has 0 aromatic heterocycles. The highest BCUT2D eigenvalue weighted by molar-refractivity contribution is 5.87. The predicted molar refractivity (Wildman–Crippen MR) is 81.4 cm³/mol. The Kier molecular flexibility index (Phi) is 4.22. The standard InChI is InChI=1S/C18H15F3O3/c19-18(20,21)15-6-7-16-12(9-15)4-5-14(10-24-16)11-2-1-3-13(8-11)17(22)23/h1-3,6-9,14H,4-5,10H2,(H,22,23). The van der Waals surface area contributed by atoms with Gasteiger partial charge in [-0.2, -0.15) is 13.2 Å². The number of aryl methyl sites for hydroxylation is 1. The van der Waals surface area contributed by atoms with E-state index in [4.69, 9.17) is 9.84 Å². The van der Waals surface area contributed by atoms with Gasteiger partial charge in [-0.3, -0.25) is 0 Å². The van der Waals surface area contributed by atoms with Crippen molar-refractivity contribution in [3.8, 4) is 5.75 Å². The van der Waals surface area contributed by atoms with E-state index in [1.54, 1.807) is 12.1 Å². The van der Waals surface area contributed by atoms with E-state index in [0.717, 1.165) is 17.7 Å². The van der Waals surface area contributed by atoms with Crippen molar-refractivity contribution in [3.05, 3.63) is 64.7 Å². The van der Waals surface area contributed by atoms with Gasteiger partial charge < -0.3 is 9.84 Å². The number of carbonyl (C=O) groups is 1. The van der Waals surface area contributed by atoms with E-state index in [9.17, 15) is 18.0 Å². The summed E-state index contributed by atoms with van der Waals surface area (Å²) >= 11 is 0. The lowest BCUT2D eigenvalue weighted by Crippen LogP contribution is -2.09. The van der Waals surface area contributed by atoms with Crippen molar-refractivity contribution >= 4 is 5.97 Å². The topological polar surface area (TPSA) is 46.5 Å². The average molecular weight is 336 g/mol. The highest BCUT2D eigenvalue weighted by atomic mass is 19.4. The fourth-order valence-corrected chi connectivity index (χ4v) is 2.88. The molecule has 0 radical (unpaired) electrons. The second kappa shape index (κ2) is 6.19. The van der Waals surface area contributed by atoms with E-state index in [1.165, 1.54) is 12.1 Å². The third-order valence-corrected chi connectivity index (χ3v) is 4.19. The van der Waals surface area contributed by atoms with E-state index in [0.29, 0.717) is 30.8 Å². The predicted octanol–water partition coefficient (Wildman–Crippen LogP) is 4.51. The summed E-state index contributed by atoms with van der Waals surface area (Å²) in [5, 5.41) is 9.07. The van der Waals surface area contributed by atoms with E-state index >= 15 is 0 Å². The molecular weight excluding hydrogens is 321 g/mol. The molecule has 1 aliphatic rings. The van der Waals surface area contributed by atoms with Crippen molar-refractivity contribution in [3.63, 3.8) is 0 Å². The SMILES string of the molecule is O=C(O)c1cccc(C2CCc3cc(C(F)(F)F)ccc3OC2)c1. The Morgan fingerprint density at radius 3 is 2.67 bits per heavy atom. The van der Waals surface area contributed by atoms with Gasteiger partial charge in [-0.25, -0.2) is 4.79 Å². The van der Waals surface area contributed by atoms with Crippen LogP contribution in [0, 0.1) is 0 Å². The number of alkyl halides is 3. The smallest absolute Gasteiger partial charge is 0.416 e. The minimum absolute atomic E-state index is 0.0639. The molecule has 1 aliphatic heterocycles. The summed E-state index contributed by atoms with van der Waals surface area (Å²) in [4.78, 5) is 11.1. The summed E-state index contributed by atoms with van der Waals surface area (Å²) < 4.78 is 44.1. The molecule has 1 atom stereocenters. The van der Waals surface area contributed by atoms with Crippen LogP contribution in [-0.2, 0) is 12.6 Å². The summed E-state index contributed by atoms with van der Waals surface area (Å²) in [5.74, 6) is -0.615. The molecule has 1 N–H and O–H groups in total. The highest BCUT2D eigenvalue weighted by Crippen LogP contribution is 2.36. The van der Waals surface area contributed by atoms with Gasteiger partial charge in [0, 0.05) is 5.92 Å². The largest absolute Gasteiger partial charge is 0.493 e. The molecule has 2 aromatic rings. The summed E-state index contributed by atoms with van der Waals surface area (Å²) in [6, 6.07) is 10.1. The molecule has 0 saturated heterocycles. The minimum Gasteiger partial charge on any atom is -0.493 e. The number of carboxylic acids is 1. The number of rotatable bonds is 2. The lowest BCUT2D eigenvalue weighted by atomic mass is 9.92. The van der Waals surface area contributed by atoms with Gasteiger partial charge in [0.2, 0.25) is 0 Å². The Labute approximate surface area is 136 Å². The van der Waals surface area contributed by atoms with Crippen LogP contribution >= 0.6 is 0 Å². The van der Waals surface area contributed by atoms with E-state index in [1.807, 2.05) is 6.07 Å². The second-order valence-electron chi connectivity index (χ2n) is 5.80. The zero-order valence-corrected chi connectivity index (χ0v) is 12.6. The zero-order chi connectivity index (χ0) is 17.3. The maximum Gasteiger partial charge on any atom is 0.416 e. The summed E-state index contributed by atoms with van der Waals surface area (Å²) in [6.07, 6.45) is -3.34. The highest BCUT2D eigenvalue weighted by Gasteiger charge is 2.31. The Balaban J connectivity index is 1.83. The Morgan fingerprint density at radius 1 is 1.17 bits per heavy atom. The van der Waals surface area contributed by atoms with Gasteiger partial charge in [0.1, 0.15) is 5.75 Å². The summed E-state index contributed by atoms with van der Waals surface area (Å²) in [6.45, 7) is 0.307. The molecule has 0 fully saturated rings. The van der Waals surface area contributed by atoms with Crippen LogP contribution in [-0.4, -0.2) is 17.7 Å². The second-order valence-corrected chi connectivity index (χ2v) is 5.80. The van der Waals surface area contributed by atoms with Crippen LogP contribution in [0.4, 0.5) is 13.2 Å². The molecule has 0 spiro atoms. The zero-order valence-electron chi connectivity index (χ0n) is 12.6. The molecule has 0 bridgehead atoms. The number of halogens is 3. The average Bonchev–Trinajstić information content (AvgIpc) is 2.76. The van der Waals surface area contributed by atoms with Gasteiger partial charge in [0.15, 0.2) is 0 Å². The van der Waals surface area contributed by atoms with Gasteiger partial charge in [0.25, 0.3) is 0 Å². The summed E-state index contributed by atoms with van der Waals surface area (Å²) in [7, 11) is 0. The molecule has 6 heteroatoms. The number of benzene rings is 2. The molecule has 1 heterocycles. The molecule has 3 rings (SSSR count). The maximum atomic E-state index is 12.8. The van der Waals surface area contributed by atoms with Crippen molar-refractivity contribution in [1.82, 2.24) is 0 Å². The summed E-state index contributed by atoms with van der Waals surface area (Å²) in [5.41, 5.74) is 0.852. The van der Waals surface area contributed by atoms with Crippen LogP contribution in [0.2, 0.25) is 0 Å². The Morgan fingerprint density at radius 2 is 1.96 bits per heavy atom. The van der Waals surface area contributed by atoms with Crippen molar-refractivity contribution in [2.24, 2.45) is 0 Å². The third kappa shape index (κ3) is 3.37. The molecule has 3 nitrogen and oxygen atoms in total. The van der Waals surface area contributed by atoms with Crippen molar-refractivity contribution in [2.75, 3.05) is 6.61 Å². The van der Waals surface area contributed by atoms with Gasteiger partial charge in [-0.15, -0.1) is 0 Å². The quantitative estimate of drug-likeness (QED) is 0.877. The first-order chi connectivity index (χ1) is 11.3. The molecular formula is C18H15F3O3. The maximum absolute atomic E-state index is 12.8. The fraction of sp³-hybridized carbons (Fsp3) is 0.278. The lowest BCUT2D eigenvalue weighted by Gasteiger charge is -2.15. The van der Waals surface area contributed by atoms with Crippen molar-refractivity contribution in [1.29, 1.82) is 0 Å². The number of carboxylic acid groups (broad SMARTS) is 1. The first-order valence-corrected chi connectivity index (χ1v) is 7.51. The lowest BCUT2D eigenvalue weighted by molar-refractivity contribution is -0.137. The first-order valence-electron chi connectivity index (χ1n) is 7.51. The molecule has 24 heavy (non-hydrogen) atoms. The molecule has 1 unspecified atom stereocenters. The molecule has 0 amide bonds. The van der Waals surface area contributed by atoms with Gasteiger partial charge in [-0.1, -0.05) is 12.1 Å². The third-order valence-electron chi connectivity index (χ3n) is 4.19. The number of hydrogen-bond acceptors (Lipinski definition) is 2. The number of fused-ring (bicyclic) bond motifs is 1. The van der Waals surface area contributed by atoms with E-state index in [2.05, 4.69) is 0 Å². The van der Waals surface area contributed by atoms with E-state index < -0.39 is 17.7 Å². The molecule has 0 saturated carbocycles. The van der Waals surface area contributed by atoms with Crippen LogP contribution in [0.1, 0.15) is 39.4 Å². The number of ether oxygens (including phenoxy) is 1. The number of hydrogen-bond donors (Lipinski definition) is 1. The van der Waals surface area contributed by atoms with E-state index in [-0.39, 0.29) is 11.5 Å². The molecule has 0 aliphatic carbocycles. The van der Waals surface area contributed by atoms with Crippen LogP contribution in [0.3, 0.4) is 0 Å². The molecule has 126 valence electrons. The molecule has 2 aromatic carbocycles. The normalized spacial score (nSPS) is 17.5. The van der Waals surface area contributed by atoms with Crippen LogP contribution in [0.15, 0.2) is 42.5 Å². The van der Waals surface area contributed by atoms with Crippen molar-refractivity contribution in [2.45, 2.75) is 24.9 Å². The van der Waals surface area contributed by atoms with Gasteiger partial charge in [0.05, 0.1) is 17.7 Å².